The van der Waals surface area contributed by atoms with Crippen molar-refractivity contribution in [2.45, 2.75) is 159 Å². The number of carbonyl (C=O) groups excluding carboxylic acids is 4. The average molecular weight is 883 g/mol. The summed E-state index contributed by atoms with van der Waals surface area (Å²) in [6, 6.07) is 1.75. The molecule has 2 aliphatic rings. The molecule has 2 amide bonds. The Morgan fingerprint density at radius 3 is 1.41 bits per heavy atom. The van der Waals surface area contributed by atoms with Crippen LogP contribution in [-0.4, -0.2) is 67.0 Å². The second-order valence-electron chi connectivity index (χ2n) is 14.8. The van der Waals surface area contributed by atoms with Gasteiger partial charge in [-0.3, -0.25) is 29.8 Å². The molecular formula is C39H49ClF6N4O8S. The van der Waals surface area contributed by atoms with Gasteiger partial charge in [-0.25, -0.2) is 0 Å². The van der Waals surface area contributed by atoms with E-state index in [1.165, 1.54) is 9.80 Å². The second-order valence-corrected chi connectivity index (χ2v) is 16.7. The van der Waals surface area contributed by atoms with E-state index < -0.39 is 72.7 Å². The van der Waals surface area contributed by atoms with E-state index in [9.17, 15) is 56.2 Å². The van der Waals surface area contributed by atoms with E-state index in [-0.39, 0.29) is 40.5 Å². The number of amides is 2. The van der Waals surface area contributed by atoms with Crippen molar-refractivity contribution in [3.8, 4) is 0 Å². The molecule has 0 heterocycles. The molecule has 4 rings (SSSR count). The Morgan fingerprint density at radius 1 is 0.729 bits per heavy atom. The van der Waals surface area contributed by atoms with Crippen molar-refractivity contribution < 1.29 is 55.4 Å². The molecule has 59 heavy (non-hydrogen) atoms. The lowest BCUT2D eigenvalue weighted by molar-refractivity contribution is -0.387. The standard InChI is InChI=1S/C21H29F3N2O3S.C17H20ClF3N2O3.CO2/c1-5-14(4)30-19-12-17(21(22,23)24)16(11-18(19)26(28)29)20(27)25(13(2)3)15-9-7-6-8-10-15;1-10(2)22(11-6-4-3-5-7-11)16(24)12-8-15(23(25)26)14(18)9-13(12)17(19,20)21;2-1-3/h11-15H,5-10H2,1-4H3;8-11H,3-7H2,1-2H3;. The Hall–Kier alpha value is -4.22. The van der Waals surface area contributed by atoms with Gasteiger partial charge in [-0.2, -0.15) is 35.9 Å². The molecule has 20 heteroatoms. The van der Waals surface area contributed by atoms with Crippen molar-refractivity contribution in [3.63, 3.8) is 0 Å². The van der Waals surface area contributed by atoms with Gasteiger partial charge >= 0.3 is 18.5 Å². The Bertz CT molecular complexity index is 1830. The molecule has 2 fully saturated rings. The highest BCUT2D eigenvalue weighted by molar-refractivity contribution is 8.00. The van der Waals surface area contributed by atoms with Gasteiger partial charge in [-0.05, 0) is 71.9 Å². The zero-order valence-corrected chi connectivity index (χ0v) is 35.2. The third-order valence-corrected chi connectivity index (χ3v) is 11.7. The lowest BCUT2D eigenvalue weighted by Crippen LogP contribution is -2.46. The summed E-state index contributed by atoms with van der Waals surface area (Å²) < 4.78 is 82.0. The number of nitrogens with zero attached hydrogens (tertiary/aromatic N) is 4. The summed E-state index contributed by atoms with van der Waals surface area (Å²) in [5, 5.41) is 22.0. The largest absolute Gasteiger partial charge is 0.417 e. The molecule has 0 bridgehead atoms. The van der Waals surface area contributed by atoms with Crippen LogP contribution < -0.4 is 0 Å². The number of carbonyl (C=O) groups is 2. The van der Waals surface area contributed by atoms with Gasteiger partial charge in [-0.15, -0.1) is 11.8 Å². The molecule has 1 unspecified atom stereocenters. The average Bonchev–Trinajstić information content (AvgIpc) is 3.14. The molecular weight excluding hydrogens is 834 g/mol. The van der Waals surface area contributed by atoms with E-state index in [0.717, 1.165) is 75.3 Å². The summed E-state index contributed by atoms with van der Waals surface area (Å²) in [5.41, 5.74) is -4.89. The van der Waals surface area contributed by atoms with Crippen LogP contribution in [0.1, 0.15) is 144 Å². The molecule has 2 aliphatic carbocycles. The van der Waals surface area contributed by atoms with Gasteiger partial charge < -0.3 is 9.80 Å². The molecule has 2 aromatic carbocycles. The van der Waals surface area contributed by atoms with Crippen LogP contribution in [0.2, 0.25) is 5.02 Å². The minimum Gasteiger partial charge on any atom is -0.333 e. The van der Waals surface area contributed by atoms with Gasteiger partial charge in [0, 0.05) is 41.6 Å². The quantitative estimate of drug-likeness (QED) is 0.0925. The first kappa shape index (κ1) is 50.9. The fourth-order valence-electron chi connectivity index (χ4n) is 7.27. The van der Waals surface area contributed by atoms with E-state index in [1.54, 1.807) is 34.6 Å². The maximum atomic E-state index is 13.9. The number of nitro benzene ring substituents is 2. The first-order chi connectivity index (χ1) is 27.4. The minimum atomic E-state index is -4.85. The summed E-state index contributed by atoms with van der Waals surface area (Å²) in [4.78, 5) is 66.5. The van der Waals surface area contributed by atoms with Crippen LogP contribution >= 0.6 is 23.4 Å². The first-order valence-corrected chi connectivity index (χ1v) is 20.4. The fraction of sp³-hybridized carbons (Fsp3) is 0.615. The molecule has 0 saturated heterocycles. The van der Waals surface area contributed by atoms with Crippen LogP contribution in [0.4, 0.5) is 37.7 Å². The highest BCUT2D eigenvalue weighted by Gasteiger charge is 2.42. The highest BCUT2D eigenvalue weighted by atomic mass is 35.5. The highest BCUT2D eigenvalue weighted by Crippen LogP contribution is 2.43. The van der Waals surface area contributed by atoms with Crippen molar-refractivity contribution in [1.82, 2.24) is 9.80 Å². The van der Waals surface area contributed by atoms with E-state index in [0.29, 0.717) is 31.4 Å². The Morgan fingerprint density at radius 2 is 1.08 bits per heavy atom. The maximum absolute atomic E-state index is 13.9. The van der Waals surface area contributed by atoms with E-state index in [4.69, 9.17) is 21.2 Å². The van der Waals surface area contributed by atoms with Crippen LogP contribution in [0.3, 0.4) is 0 Å². The monoisotopic (exact) mass is 882 g/mol. The molecule has 0 radical (unpaired) electrons. The van der Waals surface area contributed by atoms with E-state index in [2.05, 4.69) is 0 Å². The van der Waals surface area contributed by atoms with Crippen LogP contribution in [-0.2, 0) is 21.9 Å². The van der Waals surface area contributed by atoms with Crippen molar-refractivity contribution >= 4 is 52.7 Å². The molecule has 0 spiro atoms. The number of hydrogen-bond donors (Lipinski definition) is 0. The third-order valence-electron chi connectivity index (χ3n) is 10.1. The summed E-state index contributed by atoms with van der Waals surface area (Å²) in [5.74, 6) is -1.63. The Balaban J connectivity index is 0.000000385. The van der Waals surface area contributed by atoms with Crippen LogP contribution in [0, 0.1) is 20.2 Å². The molecule has 2 saturated carbocycles. The van der Waals surface area contributed by atoms with E-state index in [1.807, 2.05) is 6.92 Å². The van der Waals surface area contributed by atoms with Gasteiger partial charge in [0.2, 0.25) is 0 Å². The maximum Gasteiger partial charge on any atom is 0.417 e. The number of halogens is 7. The molecule has 12 nitrogen and oxygen atoms in total. The third kappa shape index (κ3) is 13.9. The number of thioether (sulfide) groups is 1. The Labute approximate surface area is 347 Å². The van der Waals surface area contributed by atoms with Crippen LogP contribution in [0.15, 0.2) is 29.2 Å². The zero-order valence-electron chi connectivity index (χ0n) is 33.6. The first-order valence-electron chi connectivity index (χ1n) is 19.2. The molecule has 0 aliphatic heterocycles. The second kappa shape index (κ2) is 22.4. The number of alkyl halides is 6. The predicted molar refractivity (Wildman–Crippen MR) is 208 cm³/mol. The van der Waals surface area contributed by atoms with Crippen molar-refractivity contribution in [2.24, 2.45) is 0 Å². The summed E-state index contributed by atoms with van der Waals surface area (Å²) >= 11 is 6.66. The van der Waals surface area contributed by atoms with Gasteiger partial charge in [0.15, 0.2) is 0 Å². The van der Waals surface area contributed by atoms with Gasteiger partial charge in [0.1, 0.15) is 5.02 Å². The van der Waals surface area contributed by atoms with Gasteiger partial charge in [0.05, 0.1) is 37.0 Å². The smallest absolute Gasteiger partial charge is 0.333 e. The minimum absolute atomic E-state index is 0.0630. The van der Waals surface area contributed by atoms with Crippen LogP contribution in [0.5, 0.6) is 0 Å². The number of nitro groups is 2. The lowest BCUT2D eigenvalue weighted by Gasteiger charge is -2.38. The molecule has 328 valence electrons. The summed E-state index contributed by atoms with van der Waals surface area (Å²) in [7, 11) is 0. The van der Waals surface area contributed by atoms with Crippen molar-refractivity contribution in [1.29, 1.82) is 0 Å². The van der Waals surface area contributed by atoms with Crippen molar-refractivity contribution in [2.75, 3.05) is 0 Å². The number of rotatable bonds is 11. The molecule has 2 aromatic rings. The summed E-state index contributed by atoms with van der Waals surface area (Å²) in [6.45, 7) is 10.6. The SMILES string of the molecule is CC(C)N(C(=O)c1cc([N+](=O)[O-])c(Cl)cc1C(F)(F)F)C1CCCCC1.CCC(C)Sc1cc(C(F)(F)F)c(C(=O)N(C(C)C)C2CCCCC2)cc1[N+](=O)[O-].O=C=O. The fourth-order valence-corrected chi connectivity index (χ4v) is 8.54. The molecule has 0 aromatic heterocycles. The topological polar surface area (TPSA) is 161 Å². The number of hydrogen-bond acceptors (Lipinski definition) is 9. The van der Waals surface area contributed by atoms with E-state index >= 15 is 0 Å². The lowest BCUT2D eigenvalue weighted by atomic mass is 9.92. The van der Waals surface area contributed by atoms with Gasteiger partial charge in [0.25, 0.3) is 23.2 Å². The van der Waals surface area contributed by atoms with Crippen molar-refractivity contribution in [3.05, 3.63) is 71.8 Å². The normalized spacial score (nSPS) is 15.6. The number of benzene rings is 2. The Kier molecular flexibility index (Phi) is 19.3. The van der Waals surface area contributed by atoms with Gasteiger partial charge in [-0.1, -0.05) is 64.0 Å². The van der Waals surface area contributed by atoms with Crippen LogP contribution in [0.25, 0.3) is 0 Å². The zero-order chi connectivity index (χ0) is 45.0. The molecule has 0 N–H and O–H groups in total. The molecule has 1 atom stereocenters. The summed E-state index contributed by atoms with van der Waals surface area (Å²) in [6.07, 6.45) is -0.176. The predicted octanol–water partition coefficient (Wildman–Crippen LogP) is 11.6.